The van der Waals surface area contributed by atoms with E-state index in [0.29, 0.717) is 11.3 Å². The highest BCUT2D eigenvalue weighted by molar-refractivity contribution is 7.84. The van der Waals surface area contributed by atoms with Gasteiger partial charge in [0.25, 0.3) is 0 Å². The third-order valence-corrected chi connectivity index (χ3v) is 3.33. The Morgan fingerprint density at radius 1 is 1.62 bits per heavy atom. The van der Waals surface area contributed by atoms with Crippen LogP contribution >= 0.6 is 0 Å². The van der Waals surface area contributed by atoms with Crippen molar-refractivity contribution in [2.45, 2.75) is 13.0 Å². The zero-order valence-corrected chi connectivity index (χ0v) is 10.5. The molecule has 1 rings (SSSR count). The van der Waals surface area contributed by atoms with Gasteiger partial charge >= 0.3 is 0 Å². The summed E-state index contributed by atoms with van der Waals surface area (Å²) in [6, 6.07) is 5.71. The quantitative estimate of drug-likeness (QED) is 0.788. The summed E-state index contributed by atoms with van der Waals surface area (Å²) < 4.78 is 11.1. The number of aromatic nitrogens is 1. The summed E-state index contributed by atoms with van der Waals surface area (Å²) in [7, 11) is 1.09. The van der Waals surface area contributed by atoms with Gasteiger partial charge in [-0.25, -0.2) is 4.98 Å². The molecule has 0 spiro atoms. The first-order valence-electron chi connectivity index (χ1n) is 4.93. The minimum atomic E-state index is -0.818. The van der Waals surface area contributed by atoms with Crippen molar-refractivity contribution in [2.75, 3.05) is 24.0 Å². The van der Waals surface area contributed by atoms with E-state index in [4.69, 9.17) is 5.26 Å². The maximum absolute atomic E-state index is 11.1. The van der Waals surface area contributed by atoms with Crippen LogP contribution in [0.5, 0.6) is 0 Å². The van der Waals surface area contributed by atoms with Gasteiger partial charge in [0.2, 0.25) is 0 Å². The van der Waals surface area contributed by atoms with Gasteiger partial charge in [-0.3, -0.25) is 4.21 Å². The first kappa shape index (κ1) is 12.7. The van der Waals surface area contributed by atoms with Crippen molar-refractivity contribution in [1.29, 1.82) is 5.26 Å². The van der Waals surface area contributed by atoms with Crippen LogP contribution < -0.4 is 4.90 Å². The average molecular weight is 237 g/mol. The normalized spacial score (nSPS) is 13.9. The van der Waals surface area contributed by atoms with Crippen LogP contribution in [-0.2, 0) is 10.8 Å². The van der Waals surface area contributed by atoms with Crippen LogP contribution in [0.15, 0.2) is 18.3 Å². The number of hydrogen-bond donors (Lipinski definition) is 0. The predicted molar refractivity (Wildman–Crippen MR) is 65.8 cm³/mol. The lowest BCUT2D eigenvalue weighted by molar-refractivity contribution is 0.674. The fraction of sp³-hybridized carbons (Fsp3) is 0.455. The standard InChI is InChI=1S/C11H15N3OS/c1-9(8-16(3)15)14(2)11-5-4-10(6-12)7-13-11/h4-5,7,9H,8H2,1-3H3/t9-,16+/m1/s1. The molecule has 0 aliphatic heterocycles. The summed E-state index contributed by atoms with van der Waals surface area (Å²) in [6.45, 7) is 2.00. The summed E-state index contributed by atoms with van der Waals surface area (Å²) in [6.07, 6.45) is 3.23. The summed E-state index contributed by atoms with van der Waals surface area (Å²) in [5.74, 6) is 1.40. The van der Waals surface area contributed by atoms with Gasteiger partial charge in [0, 0.05) is 42.1 Å². The van der Waals surface area contributed by atoms with Crippen LogP contribution in [0.1, 0.15) is 12.5 Å². The van der Waals surface area contributed by atoms with Crippen molar-refractivity contribution >= 4 is 16.6 Å². The fourth-order valence-electron chi connectivity index (χ4n) is 1.34. The lowest BCUT2D eigenvalue weighted by Crippen LogP contribution is -2.33. The lowest BCUT2D eigenvalue weighted by atomic mass is 10.3. The molecule has 0 bridgehead atoms. The highest BCUT2D eigenvalue weighted by Crippen LogP contribution is 2.12. The molecule has 0 aliphatic rings. The van der Waals surface area contributed by atoms with Crippen LogP contribution in [0.4, 0.5) is 5.82 Å². The molecule has 0 aromatic carbocycles. The maximum atomic E-state index is 11.1. The van der Waals surface area contributed by atoms with Crippen LogP contribution in [0.25, 0.3) is 0 Å². The Labute approximate surface area is 98.4 Å². The molecule has 2 atom stereocenters. The molecule has 4 nitrogen and oxygen atoms in total. The summed E-state index contributed by atoms with van der Waals surface area (Å²) in [5, 5.41) is 8.65. The molecule has 1 aromatic rings. The smallest absolute Gasteiger partial charge is 0.128 e. The molecular weight excluding hydrogens is 222 g/mol. The molecular formula is C11H15N3OS. The molecule has 0 amide bonds. The number of pyridine rings is 1. The van der Waals surface area contributed by atoms with E-state index >= 15 is 0 Å². The van der Waals surface area contributed by atoms with Crippen molar-refractivity contribution in [3.05, 3.63) is 23.9 Å². The van der Waals surface area contributed by atoms with Crippen LogP contribution in [-0.4, -0.2) is 34.3 Å². The second-order valence-corrected chi connectivity index (χ2v) is 5.20. The van der Waals surface area contributed by atoms with Crippen molar-refractivity contribution < 1.29 is 4.21 Å². The Morgan fingerprint density at radius 3 is 2.75 bits per heavy atom. The molecule has 0 radical (unpaired) electrons. The molecule has 0 aliphatic carbocycles. The first-order valence-corrected chi connectivity index (χ1v) is 6.66. The zero-order chi connectivity index (χ0) is 12.1. The third kappa shape index (κ3) is 3.31. The number of nitrogens with zero attached hydrogens (tertiary/aromatic N) is 3. The molecule has 86 valence electrons. The SMILES string of the molecule is C[C@H](C[S@](C)=O)N(C)c1ccc(C#N)cn1. The van der Waals surface area contributed by atoms with Gasteiger partial charge in [0.15, 0.2) is 0 Å². The van der Waals surface area contributed by atoms with E-state index in [0.717, 1.165) is 5.82 Å². The molecule has 0 saturated carbocycles. The molecule has 0 N–H and O–H groups in total. The Hall–Kier alpha value is -1.41. The van der Waals surface area contributed by atoms with Crippen molar-refractivity contribution in [2.24, 2.45) is 0 Å². The van der Waals surface area contributed by atoms with E-state index < -0.39 is 10.8 Å². The third-order valence-electron chi connectivity index (χ3n) is 2.38. The molecule has 0 fully saturated rings. The van der Waals surface area contributed by atoms with Gasteiger partial charge in [-0.15, -0.1) is 0 Å². The Morgan fingerprint density at radius 2 is 2.31 bits per heavy atom. The predicted octanol–water partition coefficient (Wildman–Crippen LogP) is 1.16. The first-order chi connectivity index (χ1) is 7.54. The number of rotatable bonds is 4. The van der Waals surface area contributed by atoms with E-state index in [9.17, 15) is 4.21 Å². The molecule has 16 heavy (non-hydrogen) atoms. The van der Waals surface area contributed by atoms with E-state index in [1.54, 1.807) is 24.6 Å². The molecule has 0 saturated heterocycles. The highest BCUT2D eigenvalue weighted by atomic mass is 32.2. The Bertz CT molecular complexity index is 410. The van der Waals surface area contributed by atoms with Crippen LogP contribution in [0.3, 0.4) is 0 Å². The van der Waals surface area contributed by atoms with Gasteiger partial charge in [-0.05, 0) is 19.1 Å². The summed E-state index contributed by atoms with van der Waals surface area (Å²) in [5.41, 5.74) is 0.545. The molecule has 1 aromatic heterocycles. The maximum Gasteiger partial charge on any atom is 0.128 e. The van der Waals surface area contributed by atoms with E-state index in [1.165, 1.54) is 0 Å². The monoisotopic (exact) mass is 237 g/mol. The Balaban J connectivity index is 2.76. The van der Waals surface area contributed by atoms with E-state index in [2.05, 4.69) is 4.98 Å². The molecule has 5 heteroatoms. The van der Waals surface area contributed by atoms with E-state index in [-0.39, 0.29) is 6.04 Å². The van der Waals surface area contributed by atoms with Gasteiger partial charge in [0.1, 0.15) is 11.9 Å². The van der Waals surface area contributed by atoms with Gasteiger partial charge in [-0.1, -0.05) is 0 Å². The van der Waals surface area contributed by atoms with Gasteiger partial charge in [0.05, 0.1) is 5.56 Å². The highest BCUT2D eigenvalue weighted by Gasteiger charge is 2.12. The number of hydrogen-bond acceptors (Lipinski definition) is 4. The molecule has 1 heterocycles. The van der Waals surface area contributed by atoms with Crippen LogP contribution in [0.2, 0.25) is 0 Å². The summed E-state index contributed by atoms with van der Waals surface area (Å²) >= 11 is 0. The minimum absolute atomic E-state index is 0.159. The van der Waals surface area contributed by atoms with Crippen LogP contribution in [0, 0.1) is 11.3 Å². The van der Waals surface area contributed by atoms with Crippen molar-refractivity contribution in [1.82, 2.24) is 4.98 Å². The average Bonchev–Trinajstić information content (AvgIpc) is 2.27. The second-order valence-electron chi connectivity index (χ2n) is 3.72. The zero-order valence-electron chi connectivity index (χ0n) is 9.67. The Kier molecular flexibility index (Phi) is 4.44. The fourth-order valence-corrected chi connectivity index (χ4v) is 2.24. The second kappa shape index (κ2) is 5.61. The number of anilines is 1. The van der Waals surface area contributed by atoms with E-state index in [1.807, 2.05) is 24.9 Å². The lowest BCUT2D eigenvalue weighted by Gasteiger charge is -2.25. The van der Waals surface area contributed by atoms with Gasteiger partial charge in [-0.2, -0.15) is 5.26 Å². The van der Waals surface area contributed by atoms with Crippen molar-refractivity contribution in [3.8, 4) is 6.07 Å². The minimum Gasteiger partial charge on any atom is -0.356 e. The molecule has 0 unspecified atom stereocenters. The number of nitriles is 1. The largest absolute Gasteiger partial charge is 0.356 e. The summed E-state index contributed by atoms with van der Waals surface area (Å²) in [4.78, 5) is 6.14. The van der Waals surface area contributed by atoms with Crippen molar-refractivity contribution in [3.63, 3.8) is 0 Å². The van der Waals surface area contributed by atoms with Gasteiger partial charge < -0.3 is 4.90 Å². The topological polar surface area (TPSA) is 57.0 Å².